The number of nitrogens with one attached hydrogen (secondary N) is 1. The van der Waals surface area contributed by atoms with E-state index in [9.17, 15) is 4.79 Å². The van der Waals surface area contributed by atoms with Crippen LogP contribution in [0.1, 0.15) is 30.9 Å². The second-order valence-corrected chi connectivity index (χ2v) is 10.7. The highest BCUT2D eigenvalue weighted by Crippen LogP contribution is 2.40. The molecule has 1 N–H and O–H groups in total. The van der Waals surface area contributed by atoms with Gasteiger partial charge in [-0.3, -0.25) is 9.79 Å². The van der Waals surface area contributed by atoms with Crippen LogP contribution in [0.4, 0.5) is 10.1 Å². The van der Waals surface area contributed by atoms with Gasteiger partial charge in [-0.2, -0.15) is 0 Å². The number of fused-ring (bicyclic) bond motifs is 1. The maximum atomic E-state index is 15.5. The molecule has 2 aromatic carbocycles. The van der Waals surface area contributed by atoms with Gasteiger partial charge in [0.25, 0.3) is 0 Å². The second-order valence-electron chi connectivity index (χ2n) is 9.23. The molecule has 192 valence electrons. The van der Waals surface area contributed by atoms with Crippen LogP contribution in [-0.4, -0.2) is 50.9 Å². The zero-order valence-electron chi connectivity index (χ0n) is 20.8. The largest absolute Gasteiger partial charge is 0.443 e. The summed E-state index contributed by atoms with van der Waals surface area (Å²) in [5.41, 5.74) is 1.42. The number of nitrogens with zero attached hydrogens (tertiary/aromatic N) is 2. The summed E-state index contributed by atoms with van der Waals surface area (Å²) in [6.45, 7) is 7.77. The van der Waals surface area contributed by atoms with Gasteiger partial charge in [0, 0.05) is 41.3 Å². The fourth-order valence-electron chi connectivity index (χ4n) is 4.29. The average Bonchev–Trinajstić information content (AvgIpc) is 2.99. The lowest BCUT2D eigenvalue weighted by Gasteiger charge is -2.34. The number of hydrogen-bond acceptors (Lipinski definition) is 6. The summed E-state index contributed by atoms with van der Waals surface area (Å²) in [6, 6.07) is 10.1. The number of halogens is 2. The molecule has 9 heteroatoms. The molecule has 4 rings (SSSR count). The Kier molecular flexibility index (Phi) is 8.40. The van der Waals surface area contributed by atoms with Crippen LogP contribution < -0.4 is 10.2 Å². The lowest BCUT2D eigenvalue weighted by Crippen LogP contribution is -2.45. The van der Waals surface area contributed by atoms with Gasteiger partial charge in [0.05, 0.1) is 23.8 Å². The number of amides is 1. The van der Waals surface area contributed by atoms with E-state index in [1.807, 2.05) is 12.1 Å². The Hall–Kier alpha value is -2.39. The molecule has 1 fully saturated rings. The first-order valence-corrected chi connectivity index (χ1v) is 13.2. The lowest BCUT2D eigenvalue weighted by molar-refractivity contribution is -0.120. The van der Waals surface area contributed by atoms with Gasteiger partial charge in [-0.25, -0.2) is 4.39 Å². The molecule has 0 saturated carbocycles. The van der Waals surface area contributed by atoms with E-state index in [1.165, 1.54) is 17.8 Å². The summed E-state index contributed by atoms with van der Waals surface area (Å²) in [6.07, 6.45) is 1.53. The average molecular weight is 532 g/mol. The minimum Gasteiger partial charge on any atom is -0.443 e. The van der Waals surface area contributed by atoms with Crippen molar-refractivity contribution in [1.29, 1.82) is 0 Å². The zero-order valence-corrected chi connectivity index (χ0v) is 22.3. The number of ether oxygens (including phenoxy) is 2. The number of allylic oxidation sites excluding steroid dienone is 1. The highest BCUT2D eigenvalue weighted by atomic mass is 35.5. The van der Waals surface area contributed by atoms with Gasteiger partial charge in [0.1, 0.15) is 11.6 Å². The summed E-state index contributed by atoms with van der Waals surface area (Å²) in [5, 5.41) is 3.71. The standard InChI is InChI=1S/C27H31ClFN3O3S/c1-17(27(2)9-11-34-12-10-27)35-25(31-4)20-13-23-24(14-21(20)29)36-16-22(30-3)26(33)32(23)15-18-5-7-19(28)8-6-18/h5-8,13-14,22,30H,1,9-12,15-16H2,2-4H3/t22-/m0/s1. The number of likely N-dealkylation sites (N-methyl/N-ethyl adjacent to an activating group) is 1. The van der Waals surface area contributed by atoms with Gasteiger partial charge in [0.15, 0.2) is 0 Å². The first-order chi connectivity index (χ1) is 17.3. The van der Waals surface area contributed by atoms with E-state index in [0.29, 0.717) is 46.9 Å². The first-order valence-electron chi connectivity index (χ1n) is 11.9. The molecule has 36 heavy (non-hydrogen) atoms. The van der Waals surface area contributed by atoms with E-state index in [2.05, 4.69) is 23.8 Å². The third kappa shape index (κ3) is 5.62. The van der Waals surface area contributed by atoms with Crippen molar-refractivity contribution in [3.8, 4) is 0 Å². The highest BCUT2D eigenvalue weighted by Gasteiger charge is 2.35. The molecule has 2 aromatic rings. The molecule has 0 aliphatic carbocycles. The van der Waals surface area contributed by atoms with Crippen molar-refractivity contribution >= 4 is 40.9 Å². The number of carbonyl (C=O) groups excluding carboxylic acids is 1. The Morgan fingerprint density at radius 3 is 2.67 bits per heavy atom. The second kappa shape index (κ2) is 11.3. The third-order valence-electron chi connectivity index (χ3n) is 6.83. The predicted molar refractivity (Wildman–Crippen MR) is 143 cm³/mol. The van der Waals surface area contributed by atoms with E-state index in [-0.39, 0.29) is 22.8 Å². The number of thioether (sulfide) groups is 1. The van der Waals surface area contributed by atoms with E-state index in [1.54, 1.807) is 37.2 Å². The van der Waals surface area contributed by atoms with Gasteiger partial charge in [-0.1, -0.05) is 37.2 Å². The Bertz CT molecular complexity index is 1170. The first kappa shape index (κ1) is 26.7. The van der Waals surface area contributed by atoms with Gasteiger partial charge >= 0.3 is 0 Å². The highest BCUT2D eigenvalue weighted by molar-refractivity contribution is 7.99. The van der Waals surface area contributed by atoms with E-state index < -0.39 is 11.9 Å². The van der Waals surface area contributed by atoms with Gasteiger partial charge in [-0.05, 0) is 49.7 Å². The minimum absolute atomic E-state index is 0.0914. The maximum absolute atomic E-state index is 15.5. The van der Waals surface area contributed by atoms with Crippen LogP contribution in [0.2, 0.25) is 5.02 Å². The summed E-state index contributed by atoms with van der Waals surface area (Å²) in [4.78, 5) is 20.1. The number of hydrogen-bond donors (Lipinski definition) is 1. The molecule has 0 radical (unpaired) electrons. The molecule has 0 aromatic heterocycles. The normalized spacial score (nSPS) is 20.0. The van der Waals surface area contributed by atoms with Gasteiger partial charge < -0.3 is 19.7 Å². The van der Waals surface area contributed by atoms with Crippen LogP contribution in [0.3, 0.4) is 0 Å². The molecule has 2 heterocycles. The van der Waals surface area contributed by atoms with E-state index in [0.717, 1.165) is 18.4 Å². The number of anilines is 1. The molecular weight excluding hydrogens is 501 g/mol. The summed E-state index contributed by atoms with van der Waals surface area (Å²) in [5.74, 6) is 0.589. The summed E-state index contributed by atoms with van der Waals surface area (Å²) >= 11 is 7.50. The molecule has 1 atom stereocenters. The van der Waals surface area contributed by atoms with Crippen LogP contribution in [-0.2, 0) is 20.8 Å². The molecular formula is C27H31ClFN3O3S. The molecule has 2 aliphatic heterocycles. The van der Waals surface area contributed by atoms with Gasteiger partial charge in [-0.15, -0.1) is 11.8 Å². The summed E-state index contributed by atoms with van der Waals surface area (Å²) in [7, 11) is 3.31. The molecule has 1 amide bonds. The maximum Gasteiger partial charge on any atom is 0.245 e. The topological polar surface area (TPSA) is 63.2 Å². The molecule has 6 nitrogen and oxygen atoms in total. The van der Waals surface area contributed by atoms with Crippen molar-refractivity contribution in [3.05, 3.63) is 70.7 Å². The van der Waals surface area contributed by atoms with Crippen molar-refractivity contribution in [2.75, 3.05) is 38.0 Å². The fourth-order valence-corrected chi connectivity index (χ4v) is 5.57. The number of aliphatic imine (C=N–C) groups is 1. The Morgan fingerprint density at radius 2 is 2.03 bits per heavy atom. The van der Waals surface area contributed by atoms with Crippen LogP contribution in [0.15, 0.2) is 58.6 Å². The Balaban J connectivity index is 1.71. The van der Waals surface area contributed by atoms with Crippen LogP contribution in [0, 0.1) is 11.2 Å². The molecule has 0 bridgehead atoms. The number of rotatable bonds is 6. The van der Waals surface area contributed by atoms with Crippen LogP contribution in [0.25, 0.3) is 0 Å². The zero-order chi connectivity index (χ0) is 25.9. The Labute approximate surface area is 220 Å². The van der Waals surface area contributed by atoms with E-state index >= 15 is 4.39 Å². The van der Waals surface area contributed by atoms with Crippen molar-refractivity contribution < 1.29 is 18.7 Å². The molecule has 2 aliphatic rings. The molecule has 0 spiro atoms. The Morgan fingerprint density at radius 1 is 1.33 bits per heavy atom. The van der Waals surface area contributed by atoms with Crippen LogP contribution in [0.5, 0.6) is 0 Å². The van der Waals surface area contributed by atoms with Crippen molar-refractivity contribution in [3.63, 3.8) is 0 Å². The summed E-state index contributed by atoms with van der Waals surface area (Å²) < 4.78 is 27.0. The lowest BCUT2D eigenvalue weighted by atomic mass is 9.81. The third-order valence-corrected chi connectivity index (χ3v) is 8.22. The smallest absolute Gasteiger partial charge is 0.245 e. The van der Waals surface area contributed by atoms with Gasteiger partial charge in [0.2, 0.25) is 11.8 Å². The quantitative estimate of drug-likeness (QED) is 0.306. The molecule has 0 unspecified atom stereocenters. The van der Waals surface area contributed by atoms with Crippen LogP contribution >= 0.6 is 23.4 Å². The number of carbonyl (C=O) groups is 1. The number of benzene rings is 2. The fraction of sp³-hybridized carbons (Fsp3) is 0.407. The predicted octanol–water partition coefficient (Wildman–Crippen LogP) is 5.43. The van der Waals surface area contributed by atoms with E-state index in [4.69, 9.17) is 21.1 Å². The van der Waals surface area contributed by atoms with Crippen molar-refractivity contribution in [2.45, 2.75) is 37.2 Å². The SMILES string of the molecule is C=C(OC(=NC)c1cc2c(cc1F)SC[C@H](NC)C(=O)N2Cc1ccc(Cl)cc1)C1(C)CCOCC1. The van der Waals surface area contributed by atoms with Crippen molar-refractivity contribution in [1.82, 2.24) is 5.32 Å². The molecule has 1 saturated heterocycles. The minimum atomic E-state index is -0.464. The van der Waals surface area contributed by atoms with Crippen molar-refractivity contribution in [2.24, 2.45) is 10.4 Å². The monoisotopic (exact) mass is 531 g/mol.